The van der Waals surface area contributed by atoms with Gasteiger partial charge in [-0.3, -0.25) is 0 Å². The Morgan fingerprint density at radius 1 is 1.05 bits per heavy atom. The van der Waals surface area contributed by atoms with Crippen LogP contribution in [0.3, 0.4) is 0 Å². The standard InChI is InChI=1S/C31H47NO8/c1-10-19(4)24(33)20(5)16-18(3)13-11-12-17(2)14-15-23-21(6)28(29(37-8)30(32-23)38-9)40-31-27(36)26(35)25(34)22(7)39-31/h10-11,13-14,16,20,22,24-27,31,33-36H,12,15H2,1-9H3/b13-11+,17-14+,18-16+,19-10+/t20-,22+,24+,25+,26-,27-,31?/m1/s1. The second-order valence-electron chi connectivity index (χ2n) is 10.5. The number of methoxy groups -OCH3 is 2. The van der Waals surface area contributed by atoms with Crippen LogP contribution in [0.2, 0.25) is 0 Å². The molecule has 1 unspecified atom stereocenters. The van der Waals surface area contributed by atoms with E-state index >= 15 is 0 Å². The predicted molar refractivity (Wildman–Crippen MR) is 155 cm³/mol. The molecular weight excluding hydrogens is 514 g/mol. The molecule has 1 aromatic heterocycles. The average molecular weight is 562 g/mol. The van der Waals surface area contributed by atoms with Crippen LogP contribution in [-0.4, -0.2) is 76.4 Å². The van der Waals surface area contributed by atoms with Crippen molar-refractivity contribution in [3.05, 3.63) is 58.4 Å². The van der Waals surface area contributed by atoms with E-state index in [4.69, 9.17) is 18.9 Å². The molecule has 1 aliphatic heterocycles. The summed E-state index contributed by atoms with van der Waals surface area (Å²) in [5.41, 5.74) is 4.54. The average Bonchev–Trinajstić information content (AvgIpc) is 2.93. The maximum Gasteiger partial charge on any atom is 0.261 e. The van der Waals surface area contributed by atoms with E-state index in [-0.39, 0.29) is 23.3 Å². The molecule has 0 aromatic carbocycles. The summed E-state index contributed by atoms with van der Waals surface area (Å²) in [5.74, 6) is 0.751. The number of hydrogen-bond acceptors (Lipinski definition) is 9. The second-order valence-corrected chi connectivity index (χ2v) is 10.5. The molecule has 0 amide bonds. The van der Waals surface area contributed by atoms with Crippen molar-refractivity contribution in [1.82, 2.24) is 4.98 Å². The van der Waals surface area contributed by atoms with Crippen LogP contribution in [0.25, 0.3) is 0 Å². The molecule has 4 N–H and O–H groups in total. The van der Waals surface area contributed by atoms with Crippen molar-refractivity contribution >= 4 is 0 Å². The normalized spacial score (nSPS) is 26.1. The molecule has 1 aliphatic rings. The number of pyridine rings is 1. The van der Waals surface area contributed by atoms with Crippen LogP contribution < -0.4 is 14.2 Å². The Labute approximate surface area is 238 Å². The van der Waals surface area contributed by atoms with Gasteiger partial charge in [-0.15, -0.1) is 0 Å². The quantitative estimate of drug-likeness (QED) is 0.221. The van der Waals surface area contributed by atoms with Gasteiger partial charge in [0, 0.05) is 17.9 Å². The fourth-order valence-electron chi connectivity index (χ4n) is 4.47. The summed E-state index contributed by atoms with van der Waals surface area (Å²) in [6.45, 7) is 13.3. The predicted octanol–water partition coefficient (Wildman–Crippen LogP) is 3.96. The molecule has 0 spiro atoms. The van der Waals surface area contributed by atoms with Crippen LogP contribution >= 0.6 is 0 Å². The number of aliphatic hydroxyl groups excluding tert-OH is 4. The largest absolute Gasteiger partial charge is 0.489 e. The van der Waals surface area contributed by atoms with Gasteiger partial charge < -0.3 is 39.4 Å². The zero-order chi connectivity index (χ0) is 30.1. The summed E-state index contributed by atoms with van der Waals surface area (Å²) < 4.78 is 22.6. The van der Waals surface area contributed by atoms with Gasteiger partial charge in [-0.1, -0.05) is 48.5 Å². The van der Waals surface area contributed by atoms with E-state index in [1.54, 1.807) is 6.92 Å². The van der Waals surface area contributed by atoms with E-state index in [0.717, 1.165) is 23.1 Å². The minimum absolute atomic E-state index is 0.0182. The Hall–Kier alpha value is -2.69. The summed E-state index contributed by atoms with van der Waals surface area (Å²) in [6.07, 6.45) is 4.85. The van der Waals surface area contributed by atoms with E-state index in [1.807, 2.05) is 47.6 Å². The third-order valence-corrected chi connectivity index (χ3v) is 7.26. The molecule has 40 heavy (non-hydrogen) atoms. The SMILES string of the molecule is C/C=C(\C)[C@H](O)[C@H](C)/C=C(C)/C=C/C/C(C)=C/Cc1nc(OC)c(OC)c(OC2O[C@@H](C)[C@H](O)[C@@H](O)[C@H]2O)c1C. The zero-order valence-electron chi connectivity index (χ0n) is 25.2. The number of ether oxygens (including phenoxy) is 4. The molecule has 2 rings (SSSR count). The molecule has 9 heteroatoms. The zero-order valence-corrected chi connectivity index (χ0v) is 25.2. The molecule has 0 bridgehead atoms. The van der Waals surface area contributed by atoms with Gasteiger partial charge in [0.1, 0.15) is 18.3 Å². The van der Waals surface area contributed by atoms with E-state index in [2.05, 4.69) is 29.3 Å². The van der Waals surface area contributed by atoms with Gasteiger partial charge in [0.05, 0.1) is 32.1 Å². The van der Waals surface area contributed by atoms with Gasteiger partial charge in [0.15, 0.2) is 5.75 Å². The Bertz CT molecular complexity index is 1110. The highest BCUT2D eigenvalue weighted by atomic mass is 16.7. The minimum atomic E-state index is -1.47. The van der Waals surface area contributed by atoms with Crippen molar-refractivity contribution in [3.63, 3.8) is 0 Å². The maximum atomic E-state index is 10.5. The van der Waals surface area contributed by atoms with Crippen molar-refractivity contribution in [2.75, 3.05) is 14.2 Å². The molecule has 0 saturated carbocycles. The van der Waals surface area contributed by atoms with Crippen molar-refractivity contribution < 1.29 is 39.4 Å². The topological polar surface area (TPSA) is 131 Å². The molecule has 0 radical (unpaired) electrons. The van der Waals surface area contributed by atoms with Crippen molar-refractivity contribution in [2.45, 2.75) is 98.1 Å². The van der Waals surface area contributed by atoms with Crippen LogP contribution in [0.15, 0.2) is 47.1 Å². The van der Waals surface area contributed by atoms with Crippen LogP contribution in [0.1, 0.15) is 59.2 Å². The highest BCUT2D eigenvalue weighted by molar-refractivity contribution is 5.54. The molecule has 9 nitrogen and oxygen atoms in total. The highest BCUT2D eigenvalue weighted by Gasteiger charge is 2.43. The van der Waals surface area contributed by atoms with E-state index < -0.39 is 36.8 Å². The van der Waals surface area contributed by atoms with E-state index in [1.165, 1.54) is 14.2 Å². The first-order valence-electron chi connectivity index (χ1n) is 13.6. The third kappa shape index (κ3) is 8.41. The number of aromatic nitrogens is 1. The molecular formula is C31H47NO8. The van der Waals surface area contributed by atoms with E-state index in [9.17, 15) is 20.4 Å². The second kappa shape index (κ2) is 15.3. The molecule has 0 aliphatic carbocycles. The molecule has 1 saturated heterocycles. The van der Waals surface area contributed by atoms with Gasteiger partial charge in [-0.2, -0.15) is 0 Å². The third-order valence-electron chi connectivity index (χ3n) is 7.26. The van der Waals surface area contributed by atoms with Crippen LogP contribution in [0, 0.1) is 12.8 Å². The number of aliphatic hydroxyl groups is 4. The summed E-state index contributed by atoms with van der Waals surface area (Å²) in [6, 6.07) is 0. The minimum Gasteiger partial charge on any atom is -0.489 e. The van der Waals surface area contributed by atoms with Crippen LogP contribution in [0.4, 0.5) is 0 Å². The number of nitrogens with zero attached hydrogens (tertiary/aromatic N) is 1. The first kappa shape index (κ1) is 33.5. The van der Waals surface area contributed by atoms with Crippen LogP contribution in [0.5, 0.6) is 17.4 Å². The Kier molecular flexibility index (Phi) is 12.9. The maximum absolute atomic E-state index is 10.5. The summed E-state index contributed by atoms with van der Waals surface area (Å²) in [5, 5.41) is 41.0. The van der Waals surface area contributed by atoms with Gasteiger partial charge in [0.25, 0.3) is 5.88 Å². The summed E-state index contributed by atoms with van der Waals surface area (Å²) in [7, 11) is 2.93. The van der Waals surface area contributed by atoms with Gasteiger partial charge in [0.2, 0.25) is 12.0 Å². The Morgan fingerprint density at radius 3 is 2.33 bits per heavy atom. The lowest BCUT2D eigenvalue weighted by atomic mass is 9.96. The smallest absolute Gasteiger partial charge is 0.261 e. The molecule has 224 valence electrons. The van der Waals surface area contributed by atoms with Crippen molar-refractivity contribution in [2.24, 2.45) is 5.92 Å². The van der Waals surface area contributed by atoms with E-state index in [0.29, 0.717) is 17.7 Å². The van der Waals surface area contributed by atoms with Crippen molar-refractivity contribution in [1.29, 1.82) is 0 Å². The fourth-order valence-corrected chi connectivity index (χ4v) is 4.47. The summed E-state index contributed by atoms with van der Waals surface area (Å²) >= 11 is 0. The molecule has 7 atom stereocenters. The molecule has 1 aromatic rings. The molecule has 2 heterocycles. The monoisotopic (exact) mass is 561 g/mol. The Balaban J connectivity index is 2.20. The molecule has 1 fully saturated rings. The lowest BCUT2D eigenvalue weighted by molar-refractivity contribution is -0.268. The number of rotatable bonds is 12. The lowest BCUT2D eigenvalue weighted by Crippen LogP contribution is -2.58. The first-order chi connectivity index (χ1) is 18.9. The first-order valence-corrected chi connectivity index (χ1v) is 13.6. The lowest BCUT2D eigenvalue weighted by Gasteiger charge is -2.39. The number of allylic oxidation sites excluding steroid dienone is 6. The van der Waals surface area contributed by atoms with Gasteiger partial charge in [-0.25, -0.2) is 4.98 Å². The Morgan fingerprint density at radius 2 is 1.73 bits per heavy atom. The van der Waals surface area contributed by atoms with Gasteiger partial charge >= 0.3 is 0 Å². The van der Waals surface area contributed by atoms with Crippen LogP contribution in [-0.2, 0) is 11.2 Å². The highest BCUT2D eigenvalue weighted by Crippen LogP contribution is 2.41. The van der Waals surface area contributed by atoms with Crippen molar-refractivity contribution in [3.8, 4) is 17.4 Å². The number of hydrogen-bond donors (Lipinski definition) is 4. The fraction of sp³-hybridized carbons (Fsp3) is 0.581. The van der Waals surface area contributed by atoms with Gasteiger partial charge in [-0.05, 0) is 53.5 Å². The summed E-state index contributed by atoms with van der Waals surface area (Å²) in [4.78, 5) is 4.61.